The van der Waals surface area contributed by atoms with Crippen LogP contribution in [0, 0.1) is 0 Å². The van der Waals surface area contributed by atoms with Crippen LogP contribution in [0.15, 0.2) is 23.5 Å². The Balaban J connectivity index is 2.24. The van der Waals surface area contributed by atoms with Crippen LogP contribution in [0.25, 0.3) is 0 Å². The van der Waals surface area contributed by atoms with E-state index >= 15 is 0 Å². The first-order valence-electron chi connectivity index (χ1n) is 7.37. The Bertz CT molecular complexity index is 700. The Morgan fingerprint density at radius 1 is 1.29 bits per heavy atom. The minimum atomic E-state index is 0.500. The van der Waals surface area contributed by atoms with Crippen molar-refractivity contribution in [3.63, 3.8) is 0 Å². The number of hydrogen-bond acceptors (Lipinski definition) is 7. The fraction of sp³-hybridized carbons (Fsp3) is 0.375. The van der Waals surface area contributed by atoms with Crippen molar-refractivity contribution in [2.75, 3.05) is 32.3 Å². The molecule has 0 fully saturated rings. The van der Waals surface area contributed by atoms with Crippen molar-refractivity contribution in [3.8, 4) is 11.5 Å². The van der Waals surface area contributed by atoms with E-state index in [-0.39, 0.29) is 0 Å². The molecule has 8 heteroatoms. The van der Waals surface area contributed by atoms with Gasteiger partial charge in [0, 0.05) is 36.9 Å². The fourth-order valence-electron chi connectivity index (χ4n) is 2.18. The second-order valence-electron chi connectivity index (χ2n) is 4.91. The highest BCUT2D eigenvalue weighted by Crippen LogP contribution is 2.36. The van der Waals surface area contributed by atoms with Gasteiger partial charge in [0.05, 0.1) is 25.6 Å². The van der Waals surface area contributed by atoms with Gasteiger partial charge in [0.1, 0.15) is 16.5 Å². The third-order valence-electron chi connectivity index (χ3n) is 3.43. The highest BCUT2D eigenvalue weighted by atomic mass is 35.5. The van der Waals surface area contributed by atoms with Crippen molar-refractivity contribution in [2.45, 2.75) is 18.1 Å². The molecule has 0 radical (unpaired) electrons. The monoisotopic (exact) mass is 368 g/mol. The molecule has 1 aromatic heterocycles. The molecule has 1 heterocycles. The topological polar surface area (TPSA) is 82.3 Å². The summed E-state index contributed by atoms with van der Waals surface area (Å²) < 4.78 is 10.6. The van der Waals surface area contributed by atoms with Crippen molar-refractivity contribution >= 4 is 29.1 Å². The molecule has 1 aromatic carbocycles. The van der Waals surface area contributed by atoms with Gasteiger partial charge in [-0.15, -0.1) is 0 Å². The van der Waals surface area contributed by atoms with E-state index in [4.69, 9.17) is 26.8 Å². The average molecular weight is 369 g/mol. The Morgan fingerprint density at radius 3 is 2.71 bits per heavy atom. The summed E-state index contributed by atoms with van der Waals surface area (Å²) in [6.07, 6.45) is 4.46. The largest absolute Gasteiger partial charge is 0.497 e. The predicted octanol–water partition coefficient (Wildman–Crippen LogP) is 2.98. The molecule has 0 unspecified atom stereocenters. The first kappa shape index (κ1) is 18.6. The SMILES string of the molecule is COc1cc(NCc2cnc(SC)nc2CCN)c(Cl)c(OC)c1. The van der Waals surface area contributed by atoms with Crippen LogP contribution < -0.4 is 20.5 Å². The second-order valence-corrected chi connectivity index (χ2v) is 6.06. The summed E-state index contributed by atoms with van der Waals surface area (Å²) in [7, 11) is 3.17. The zero-order valence-corrected chi connectivity index (χ0v) is 15.5. The van der Waals surface area contributed by atoms with Crippen molar-refractivity contribution in [1.29, 1.82) is 0 Å². The summed E-state index contributed by atoms with van der Waals surface area (Å²) >= 11 is 7.86. The van der Waals surface area contributed by atoms with Crippen molar-refractivity contribution in [3.05, 3.63) is 34.6 Å². The average Bonchev–Trinajstić information content (AvgIpc) is 2.61. The van der Waals surface area contributed by atoms with Crippen LogP contribution in [-0.2, 0) is 13.0 Å². The highest BCUT2D eigenvalue weighted by Gasteiger charge is 2.12. The molecule has 0 aliphatic carbocycles. The van der Waals surface area contributed by atoms with E-state index < -0.39 is 0 Å². The fourth-order valence-corrected chi connectivity index (χ4v) is 2.79. The van der Waals surface area contributed by atoms with Crippen LogP contribution in [0.2, 0.25) is 5.02 Å². The summed E-state index contributed by atoms with van der Waals surface area (Å²) in [6, 6.07) is 3.56. The van der Waals surface area contributed by atoms with Gasteiger partial charge in [0.25, 0.3) is 0 Å². The zero-order chi connectivity index (χ0) is 17.5. The van der Waals surface area contributed by atoms with Gasteiger partial charge in [-0.3, -0.25) is 0 Å². The quantitative estimate of drug-likeness (QED) is 0.547. The maximum Gasteiger partial charge on any atom is 0.187 e. The minimum Gasteiger partial charge on any atom is -0.497 e. The van der Waals surface area contributed by atoms with Crippen molar-refractivity contribution in [2.24, 2.45) is 5.73 Å². The van der Waals surface area contributed by atoms with E-state index in [9.17, 15) is 0 Å². The molecule has 0 spiro atoms. The first-order valence-corrected chi connectivity index (χ1v) is 8.97. The lowest BCUT2D eigenvalue weighted by molar-refractivity contribution is 0.395. The van der Waals surface area contributed by atoms with Gasteiger partial charge in [0.2, 0.25) is 0 Å². The van der Waals surface area contributed by atoms with E-state index in [1.54, 1.807) is 20.3 Å². The van der Waals surface area contributed by atoms with Crippen molar-refractivity contribution in [1.82, 2.24) is 9.97 Å². The maximum absolute atomic E-state index is 6.36. The number of ether oxygens (including phenoxy) is 2. The number of nitrogens with two attached hydrogens (primary N) is 1. The Morgan fingerprint density at radius 2 is 2.08 bits per heavy atom. The van der Waals surface area contributed by atoms with Crippen molar-refractivity contribution < 1.29 is 9.47 Å². The van der Waals surface area contributed by atoms with Gasteiger partial charge in [0.15, 0.2) is 5.16 Å². The second kappa shape index (κ2) is 8.96. The molecule has 0 atom stereocenters. The highest BCUT2D eigenvalue weighted by molar-refractivity contribution is 7.98. The molecule has 0 aliphatic rings. The lowest BCUT2D eigenvalue weighted by Crippen LogP contribution is -2.11. The van der Waals surface area contributed by atoms with E-state index in [0.29, 0.717) is 36.0 Å². The van der Waals surface area contributed by atoms with Gasteiger partial charge in [-0.1, -0.05) is 23.4 Å². The molecule has 0 saturated carbocycles. The van der Waals surface area contributed by atoms with Crippen LogP contribution >= 0.6 is 23.4 Å². The van der Waals surface area contributed by atoms with Gasteiger partial charge in [-0.25, -0.2) is 9.97 Å². The molecule has 24 heavy (non-hydrogen) atoms. The lowest BCUT2D eigenvalue weighted by Gasteiger charge is -2.15. The van der Waals surface area contributed by atoms with E-state index in [0.717, 1.165) is 22.1 Å². The Kier molecular flexibility index (Phi) is 6.96. The number of halogens is 1. The van der Waals surface area contributed by atoms with Crippen LogP contribution in [-0.4, -0.2) is 37.0 Å². The van der Waals surface area contributed by atoms with Crippen LogP contribution in [0.1, 0.15) is 11.3 Å². The smallest absolute Gasteiger partial charge is 0.187 e. The number of nitrogens with zero attached hydrogens (tertiary/aromatic N) is 2. The first-order chi connectivity index (χ1) is 11.6. The minimum absolute atomic E-state index is 0.500. The normalized spacial score (nSPS) is 10.5. The Labute approximate surface area is 151 Å². The standard InChI is InChI=1S/C16H21ClN4O2S/c1-22-11-6-13(15(17)14(7-11)23-2)19-8-10-9-20-16(24-3)21-12(10)4-5-18/h6-7,9,19H,4-5,8,18H2,1-3H3. The van der Waals surface area contributed by atoms with E-state index in [1.165, 1.54) is 11.8 Å². The van der Waals surface area contributed by atoms with Gasteiger partial charge in [-0.05, 0) is 12.8 Å². The predicted molar refractivity (Wildman–Crippen MR) is 98.5 cm³/mol. The summed E-state index contributed by atoms with van der Waals surface area (Å²) in [4.78, 5) is 8.86. The number of thioether (sulfide) groups is 1. The molecule has 0 bridgehead atoms. The Hall–Kier alpha value is -1.70. The number of rotatable bonds is 8. The number of aromatic nitrogens is 2. The zero-order valence-electron chi connectivity index (χ0n) is 13.9. The summed E-state index contributed by atoms with van der Waals surface area (Å²) in [6.45, 7) is 1.06. The number of methoxy groups -OCH3 is 2. The molecule has 2 aromatic rings. The number of nitrogens with one attached hydrogen (secondary N) is 1. The summed E-state index contributed by atoms with van der Waals surface area (Å²) in [5.41, 5.74) is 8.33. The molecular weight excluding hydrogens is 348 g/mol. The van der Waals surface area contributed by atoms with Gasteiger partial charge < -0.3 is 20.5 Å². The molecule has 130 valence electrons. The molecule has 0 amide bonds. The third kappa shape index (κ3) is 4.43. The molecule has 6 nitrogen and oxygen atoms in total. The molecule has 0 saturated heterocycles. The lowest BCUT2D eigenvalue weighted by atomic mass is 10.1. The van der Waals surface area contributed by atoms with Crippen LogP contribution in [0.4, 0.5) is 5.69 Å². The van der Waals surface area contributed by atoms with Gasteiger partial charge in [-0.2, -0.15) is 0 Å². The number of benzene rings is 1. The van der Waals surface area contributed by atoms with Gasteiger partial charge >= 0.3 is 0 Å². The van der Waals surface area contributed by atoms with Crippen LogP contribution in [0.5, 0.6) is 11.5 Å². The molecule has 3 N–H and O–H groups in total. The third-order valence-corrected chi connectivity index (χ3v) is 4.39. The molecule has 0 aliphatic heterocycles. The number of anilines is 1. The van der Waals surface area contributed by atoms with E-state index in [1.807, 2.05) is 18.5 Å². The molecular formula is C16H21ClN4O2S. The van der Waals surface area contributed by atoms with E-state index in [2.05, 4.69) is 15.3 Å². The maximum atomic E-state index is 6.36. The summed E-state index contributed by atoms with van der Waals surface area (Å²) in [5.74, 6) is 1.21. The molecule has 2 rings (SSSR count). The summed E-state index contributed by atoms with van der Waals surface area (Å²) in [5, 5.41) is 4.53. The number of hydrogen-bond donors (Lipinski definition) is 2. The van der Waals surface area contributed by atoms with Crippen LogP contribution in [0.3, 0.4) is 0 Å².